The highest BCUT2D eigenvalue weighted by atomic mass is 79.9. The molecule has 2 rings (SSSR count). The number of alkyl halides is 1. The van der Waals surface area contributed by atoms with E-state index >= 15 is 0 Å². The fraction of sp³-hybridized carbons (Fsp3) is 0.727. The van der Waals surface area contributed by atoms with Crippen LogP contribution in [0.15, 0.2) is 11.6 Å². The molecule has 14 heavy (non-hydrogen) atoms. The van der Waals surface area contributed by atoms with Gasteiger partial charge in [0.25, 0.3) is 0 Å². The van der Waals surface area contributed by atoms with Gasteiger partial charge < -0.3 is 0 Å². The summed E-state index contributed by atoms with van der Waals surface area (Å²) in [6.07, 6.45) is 10.1. The van der Waals surface area contributed by atoms with E-state index in [0.29, 0.717) is 5.41 Å². The van der Waals surface area contributed by atoms with Gasteiger partial charge in [-0.1, -0.05) is 35.2 Å². The molecule has 0 radical (unpaired) electrons. The summed E-state index contributed by atoms with van der Waals surface area (Å²) in [4.78, 5) is 4.40. The molecule has 0 saturated heterocycles. The van der Waals surface area contributed by atoms with Gasteiger partial charge in [0.15, 0.2) is 0 Å². The molecular formula is C11H16BrNS. The first kappa shape index (κ1) is 10.6. The number of hydrogen-bond acceptors (Lipinski definition) is 2. The first-order chi connectivity index (χ1) is 6.85. The molecule has 1 aromatic heterocycles. The zero-order valence-electron chi connectivity index (χ0n) is 8.34. The molecule has 1 nitrogen and oxygen atoms in total. The highest BCUT2D eigenvalue weighted by molar-refractivity contribution is 9.09. The van der Waals surface area contributed by atoms with Crippen LogP contribution in [-0.4, -0.2) is 10.3 Å². The third kappa shape index (κ3) is 2.37. The third-order valence-electron chi connectivity index (χ3n) is 3.21. The summed E-state index contributed by atoms with van der Waals surface area (Å²) in [6.45, 7) is 0. The number of thiazole rings is 1. The van der Waals surface area contributed by atoms with Crippen molar-refractivity contribution >= 4 is 27.3 Å². The van der Waals surface area contributed by atoms with Gasteiger partial charge >= 0.3 is 0 Å². The normalized spacial score (nSPS) is 20.9. The van der Waals surface area contributed by atoms with E-state index in [1.807, 2.05) is 6.20 Å². The molecule has 1 aromatic rings. The summed E-state index contributed by atoms with van der Waals surface area (Å²) in [5, 5.41) is 4.53. The zero-order valence-corrected chi connectivity index (χ0v) is 10.7. The van der Waals surface area contributed by atoms with Crippen molar-refractivity contribution in [2.75, 3.05) is 5.33 Å². The Morgan fingerprint density at radius 1 is 1.36 bits per heavy atom. The Balaban J connectivity index is 2.04. The molecule has 0 bridgehead atoms. The second kappa shape index (κ2) is 4.75. The van der Waals surface area contributed by atoms with E-state index in [4.69, 9.17) is 0 Å². The Bertz CT molecular complexity index is 265. The van der Waals surface area contributed by atoms with Crippen LogP contribution in [-0.2, 0) is 6.42 Å². The monoisotopic (exact) mass is 273 g/mol. The minimum absolute atomic E-state index is 0.510. The average Bonchev–Trinajstić information content (AvgIpc) is 2.72. The largest absolute Gasteiger partial charge is 0.250 e. The van der Waals surface area contributed by atoms with Crippen molar-refractivity contribution in [1.29, 1.82) is 0 Å². The lowest BCUT2D eigenvalue weighted by atomic mass is 9.73. The van der Waals surface area contributed by atoms with Gasteiger partial charge in [0.2, 0.25) is 0 Å². The van der Waals surface area contributed by atoms with Crippen molar-refractivity contribution in [2.45, 2.75) is 38.5 Å². The van der Waals surface area contributed by atoms with Gasteiger partial charge in [-0.2, -0.15) is 0 Å². The SMILES string of the molecule is BrCC1(Cc2nccs2)CCCCC1. The van der Waals surface area contributed by atoms with Gasteiger partial charge in [0, 0.05) is 23.3 Å². The molecule has 1 aliphatic rings. The lowest BCUT2D eigenvalue weighted by Crippen LogP contribution is -2.28. The van der Waals surface area contributed by atoms with Crippen LogP contribution in [0.1, 0.15) is 37.1 Å². The molecule has 0 atom stereocenters. The van der Waals surface area contributed by atoms with Crippen LogP contribution < -0.4 is 0 Å². The summed E-state index contributed by atoms with van der Waals surface area (Å²) >= 11 is 5.49. The molecule has 1 fully saturated rings. The number of nitrogens with zero attached hydrogens (tertiary/aromatic N) is 1. The molecule has 0 aliphatic heterocycles. The van der Waals surface area contributed by atoms with E-state index in [1.54, 1.807) is 11.3 Å². The molecule has 78 valence electrons. The number of hydrogen-bond donors (Lipinski definition) is 0. The standard InChI is InChI=1S/C11H16BrNS/c12-9-11(4-2-1-3-5-11)8-10-13-6-7-14-10/h6-7H,1-5,8-9H2. The summed E-state index contributed by atoms with van der Waals surface area (Å²) < 4.78 is 0. The van der Waals surface area contributed by atoms with Gasteiger partial charge in [-0.05, 0) is 18.3 Å². The van der Waals surface area contributed by atoms with Crippen molar-refractivity contribution in [2.24, 2.45) is 5.41 Å². The van der Waals surface area contributed by atoms with Crippen LogP contribution in [0.3, 0.4) is 0 Å². The van der Waals surface area contributed by atoms with E-state index in [0.717, 1.165) is 5.33 Å². The van der Waals surface area contributed by atoms with Crippen LogP contribution >= 0.6 is 27.3 Å². The van der Waals surface area contributed by atoms with Gasteiger partial charge in [0.05, 0.1) is 5.01 Å². The Morgan fingerprint density at radius 3 is 2.71 bits per heavy atom. The predicted octanol–water partition coefficient (Wildman–Crippen LogP) is 4.03. The minimum atomic E-state index is 0.510. The topological polar surface area (TPSA) is 12.9 Å². The van der Waals surface area contributed by atoms with E-state index in [1.165, 1.54) is 43.5 Å². The van der Waals surface area contributed by atoms with E-state index in [-0.39, 0.29) is 0 Å². The zero-order chi connectivity index (χ0) is 9.86. The number of aromatic nitrogens is 1. The number of halogens is 1. The van der Waals surface area contributed by atoms with Crippen molar-refractivity contribution in [3.05, 3.63) is 16.6 Å². The van der Waals surface area contributed by atoms with Crippen LogP contribution in [0.4, 0.5) is 0 Å². The van der Waals surface area contributed by atoms with E-state index in [9.17, 15) is 0 Å². The Morgan fingerprint density at radius 2 is 2.14 bits per heavy atom. The van der Waals surface area contributed by atoms with E-state index < -0.39 is 0 Å². The summed E-state index contributed by atoms with van der Waals surface area (Å²) in [5.41, 5.74) is 0.510. The van der Waals surface area contributed by atoms with Crippen molar-refractivity contribution < 1.29 is 0 Å². The molecule has 1 saturated carbocycles. The fourth-order valence-electron chi connectivity index (χ4n) is 2.32. The maximum Gasteiger partial charge on any atom is 0.0930 e. The van der Waals surface area contributed by atoms with Crippen molar-refractivity contribution in [3.8, 4) is 0 Å². The molecule has 0 unspecified atom stereocenters. The maximum absolute atomic E-state index is 4.40. The van der Waals surface area contributed by atoms with Crippen molar-refractivity contribution in [1.82, 2.24) is 4.98 Å². The molecule has 0 amide bonds. The molecule has 1 aliphatic carbocycles. The fourth-order valence-corrected chi connectivity index (χ4v) is 3.87. The summed E-state index contributed by atoms with van der Waals surface area (Å²) in [5.74, 6) is 0. The minimum Gasteiger partial charge on any atom is -0.250 e. The summed E-state index contributed by atoms with van der Waals surface area (Å²) in [7, 11) is 0. The van der Waals surface area contributed by atoms with E-state index in [2.05, 4.69) is 26.3 Å². The molecule has 3 heteroatoms. The average molecular weight is 274 g/mol. The highest BCUT2D eigenvalue weighted by Gasteiger charge is 2.31. The first-order valence-electron chi connectivity index (χ1n) is 5.29. The van der Waals surface area contributed by atoms with Gasteiger partial charge in [-0.3, -0.25) is 0 Å². The van der Waals surface area contributed by atoms with Crippen molar-refractivity contribution in [3.63, 3.8) is 0 Å². The second-order valence-electron chi connectivity index (χ2n) is 4.30. The first-order valence-corrected chi connectivity index (χ1v) is 7.29. The molecular weight excluding hydrogens is 258 g/mol. The second-order valence-corrected chi connectivity index (χ2v) is 5.84. The van der Waals surface area contributed by atoms with Crippen LogP contribution in [0, 0.1) is 5.41 Å². The molecule has 0 spiro atoms. The van der Waals surface area contributed by atoms with Crippen LogP contribution in [0.25, 0.3) is 0 Å². The molecule has 0 aromatic carbocycles. The quantitative estimate of drug-likeness (QED) is 0.758. The maximum atomic E-state index is 4.40. The van der Waals surface area contributed by atoms with Gasteiger partial charge in [0.1, 0.15) is 0 Å². The smallest absolute Gasteiger partial charge is 0.0930 e. The Hall–Kier alpha value is 0.110. The van der Waals surface area contributed by atoms with Gasteiger partial charge in [-0.15, -0.1) is 11.3 Å². The molecule has 0 N–H and O–H groups in total. The van der Waals surface area contributed by atoms with Crippen LogP contribution in [0.2, 0.25) is 0 Å². The number of rotatable bonds is 3. The third-order valence-corrected chi connectivity index (χ3v) is 5.18. The summed E-state index contributed by atoms with van der Waals surface area (Å²) in [6, 6.07) is 0. The predicted molar refractivity (Wildman–Crippen MR) is 65.1 cm³/mol. The van der Waals surface area contributed by atoms with Gasteiger partial charge in [-0.25, -0.2) is 4.98 Å². The highest BCUT2D eigenvalue weighted by Crippen LogP contribution is 2.40. The molecule has 1 heterocycles. The Labute approximate surface area is 98.1 Å². The lowest BCUT2D eigenvalue weighted by Gasteiger charge is -2.35. The lowest BCUT2D eigenvalue weighted by molar-refractivity contribution is 0.223. The Kier molecular flexibility index (Phi) is 3.61. The van der Waals surface area contributed by atoms with Crippen LogP contribution in [0.5, 0.6) is 0 Å².